The Morgan fingerprint density at radius 1 is 1.36 bits per heavy atom. The van der Waals surface area contributed by atoms with Crippen LogP contribution in [0.15, 0.2) is 23.3 Å². The summed E-state index contributed by atoms with van der Waals surface area (Å²) in [6, 6.07) is 5.69. The van der Waals surface area contributed by atoms with Crippen LogP contribution in [0, 0.1) is 0 Å². The molecule has 1 atom stereocenters. The van der Waals surface area contributed by atoms with Gasteiger partial charge in [0.05, 0.1) is 5.71 Å². The zero-order chi connectivity index (χ0) is 18.4. The second kappa shape index (κ2) is 8.31. The highest BCUT2D eigenvalue weighted by atomic mass is 16.5. The lowest BCUT2D eigenvalue weighted by Gasteiger charge is -2.23. The first-order valence-corrected chi connectivity index (χ1v) is 8.52. The van der Waals surface area contributed by atoms with Gasteiger partial charge in [0.1, 0.15) is 18.5 Å². The van der Waals surface area contributed by atoms with Crippen molar-refractivity contribution < 1.29 is 14.6 Å². The van der Waals surface area contributed by atoms with Gasteiger partial charge < -0.3 is 20.5 Å². The van der Waals surface area contributed by atoms with Crippen LogP contribution in [0.25, 0.3) is 0 Å². The van der Waals surface area contributed by atoms with Crippen molar-refractivity contribution >= 4 is 17.3 Å². The normalized spacial score (nSPS) is 16.0. The smallest absolute Gasteiger partial charge is 0.240 e. The van der Waals surface area contributed by atoms with E-state index in [0.29, 0.717) is 25.1 Å². The van der Waals surface area contributed by atoms with Gasteiger partial charge in [-0.3, -0.25) is 4.79 Å². The number of hydrazone groups is 1. The van der Waals surface area contributed by atoms with Crippen LogP contribution in [0.4, 0.5) is 5.69 Å². The number of carbonyl (C=O) groups excluding carboxylic acids is 1. The lowest BCUT2D eigenvalue weighted by molar-refractivity contribution is -0.121. The maximum atomic E-state index is 11.3. The van der Waals surface area contributed by atoms with E-state index in [1.807, 2.05) is 46.0 Å². The number of β-amino-alcohol motifs (C(OH)–C–C–N with tert-alkyl or cyclic N) is 1. The van der Waals surface area contributed by atoms with E-state index < -0.39 is 6.10 Å². The number of ether oxygens (including phenoxy) is 1. The summed E-state index contributed by atoms with van der Waals surface area (Å²) >= 11 is 0. The molecule has 2 rings (SSSR count). The third kappa shape index (κ3) is 6.03. The quantitative estimate of drug-likeness (QED) is 0.599. The minimum Gasteiger partial charge on any atom is -0.490 e. The molecule has 1 amide bonds. The molecule has 1 heterocycles. The fraction of sp³-hybridized carbons (Fsp3) is 0.556. The molecule has 0 radical (unpaired) electrons. The summed E-state index contributed by atoms with van der Waals surface area (Å²) in [5.74, 6) is 0.559. The number of hydrogen-bond acceptors (Lipinski definition) is 6. The Kier molecular flexibility index (Phi) is 6.39. The van der Waals surface area contributed by atoms with Crippen molar-refractivity contribution in [3.05, 3.63) is 23.8 Å². The molecule has 0 fully saturated rings. The van der Waals surface area contributed by atoms with Gasteiger partial charge in [0.2, 0.25) is 5.91 Å². The molecule has 0 aromatic heterocycles. The molecule has 0 aliphatic carbocycles. The van der Waals surface area contributed by atoms with Gasteiger partial charge in [0, 0.05) is 43.2 Å². The Balaban J connectivity index is 2.08. The van der Waals surface area contributed by atoms with E-state index in [9.17, 15) is 9.90 Å². The molecule has 1 aliphatic heterocycles. The molecular formula is C18H28N4O3. The van der Waals surface area contributed by atoms with Crippen LogP contribution >= 0.6 is 0 Å². The van der Waals surface area contributed by atoms with Crippen molar-refractivity contribution in [2.24, 2.45) is 5.10 Å². The van der Waals surface area contributed by atoms with Gasteiger partial charge in [-0.25, -0.2) is 5.43 Å². The van der Waals surface area contributed by atoms with Crippen LogP contribution in [0.2, 0.25) is 0 Å². The Morgan fingerprint density at radius 2 is 2.12 bits per heavy atom. The van der Waals surface area contributed by atoms with Crippen molar-refractivity contribution in [1.82, 2.24) is 10.7 Å². The predicted octanol–water partition coefficient (Wildman–Crippen LogP) is 1.47. The van der Waals surface area contributed by atoms with Crippen LogP contribution < -0.4 is 20.8 Å². The highest BCUT2D eigenvalue weighted by Gasteiger charge is 2.19. The number of carbonyl (C=O) groups is 1. The Hall–Kier alpha value is -2.12. The summed E-state index contributed by atoms with van der Waals surface area (Å²) in [7, 11) is 1.84. The molecule has 1 unspecified atom stereocenters. The zero-order valence-corrected chi connectivity index (χ0v) is 15.3. The van der Waals surface area contributed by atoms with Gasteiger partial charge in [-0.15, -0.1) is 0 Å². The van der Waals surface area contributed by atoms with Gasteiger partial charge in [0.25, 0.3) is 0 Å². The van der Waals surface area contributed by atoms with Gasteiger partial charge in [0.15, 0.2) is 0 Å². The molecule has 4 N–H and O–H groups in total. The highest BCUT2D eigenvalue weighted by molar-refractivity contribution is 6.06. The third-order valence-electron chi connectivity index (χ3n) is 3.78. The standard InChI is InChI=1S/C18H28N4O3/c1-18(2,3)20-10-13(23)11-25-16-7-5-12(19-4)9-14(16)15-6-8-17(24)22-21-15/h5,7,9,13,19-20,23H,6,8,10-11H2,1-4H3,(H,22,24). The second-order valence-electron chi connectivity index (χ2n) is 7.15. The number of amides is 1. The topological polar surface area (TPSA) is 95.0 Å². The maximum Gasteiger partial charge on any atom is 0.240 e. The zero-order valence-electron chi connectivity index (χ0n) is 15.3. The van der Waals surface area contributed by atoms with Crippen LogP contribution in [0.5, 0.6) is 5.75 Å². The highest BCUT2D eigenvalue weighted by Crippen LogP contribution is 2.26. The van der Waals surface area contributed by atoms with E-state index in [2.05, 4.69) is 21.2 Å². The number of aliphatic hydroxyl groups excluding tert-OH is 1. The van der Waals surface area contributed by atoms with Crippen molar-refractivity contribution in [3.8, 4) is 5.75 Å². The molecule has 0 saturated heterocycles. The minimum atomic E-state index is -0.621. The Morgan fingerprint density at radius 3 is 2.72 bits per heavy atom. The SMILES string of the molecule is CNc1ccc(OCC(O)CNC(C)(C)C)c(C2=NNC(=O)CC2)c1. The van der Waals surface area contributed by atoms with Gasteiger partial charge >= 0.3 is 0 Å². The molecular weight excluding hydrogens is 320 g/mol. The summed E-state index contributed by atoms with van der Waals surface area (Å²) < 4.78 is 5.83. The minimum absolute atomic E-state index is 0.0599. The summed E-state index contributed by atoms with van der Waals surface area (Å²) in [6.45, 7) is 6.76. The Labute approximate surface area is 148 Å². The molecule has 1 aliphatic rings. The van der Waals surface area contributed by atoms with Gasteiger partial charge in [-0.1, -0.05) is 0 Å². The van der Waals surface area contributed by atoms with E-state index in [0.717, 1.165) is 17.0 Å². The number of nitrogens with zero attached hydrogens (tertiary/aromatic N) is 1. The van der Waals surface area contributed by atoms with E-state index >= 15 is 0 Å². The van der Waals surface area contributed by atoms with Gasteiger partial charge in [-0.05, 0) is 39.0 Å². The van der Waals surface area contributed by atoms with E-state index in [1.54, 1.807) is 0 Å². The first kappa shape index (κ1) is 19.2. The summed E-state index contributed by atoms with van der Waals surface area (Å²) in [4.78, 5) is 11.3. The van der Waals surface area contributed by atoms with Crippen molar-refractivity contribution in [2.75, 3.05) is 25.5 Å². The average Bonchev–Trinajstić information content (AvgIpc) is 2.58. The summed E-state index contributed by atoms with van der Waals surface area (Å²) in [5, 5.41) is 20.6. The average molecular weight is 348 g/mol. The number of rotatable bonds is 7. The predicted molar refractivity (Wildman–Crippen MR) is 99.2 cm³/mol. The fourth-order valence-corrected chi connectivity index (χ4v) is 2.37. The molecule has 0 spiro atoms. The van der Waals surface area contributed by atoms with Gasteiger partial charge in [-0.2, -0.15) is 5.10 Å². The monoisotopic (exact) mass is 348 g/mol. The van der Waals surface area contributed by atoms with Crippen LogP contribution in [0.3, 0.4) is 0 Å². The molecule has 138 valence electrons. The van der Waals surface area contributed by atoms with Crippen LogP contribution in [0.1, 0.15) is 39.2 Å². The molecule has 7 heteroatoms. The number of anilines is 1. The molecule has 0 saturated carbocycles. The fourth-order valence-electron chi connectivity index (χ4n) is 2.37. The summed E-state index contributed by atoms with van der Waals surface area (Å²) in [6.07, 6.45) is 0.341. The van der Waals surface area contributed by atoms with Crippen LogP contribution in [-0.2, 0) is 4.79 Å². The lowest BCUT2D eigenvalue weighted by atomic mass is 10.0. The van der Waals surface area contributed by atoms with Crippen molar-refractivity contribution in [1.29, 1.82) is 0 Å². The Bertz CT molecular complexity index is 638. The molecule has 7 nitrogen and oxygen atoms in total. The third-order valence-corrected chi connectivity index (χ3v) is 3.78. The van der Waals surface area contributed by atoms with Crippen molar-refractivity contribution in [3.63, 3.8) is 0 Å². The van der Waals surface area contributed by atoms with Crippen molar-refractivity contribution in [2.45, 2.75) is 45.3 Å². The number of benzene rings is 1. The number of aliphatic hydroxyl groups is 1. The molecule has 1 aromatic rings. The first-order valence-electron chi connectivity index (χ1n) is 8.52. The molecule has 1 aromatic carbocycles. The molecule has 25 heavy (non-hydrogen) atoms. The lowest BCUT2D eigenvalue weighted by Crippen LogP contribution is -2.42. The summed E-state index contributed by atoms with van der Waals surface area (Å²) in [5.41, 5.74) is 4.97. The van der Waals surface area contributed by atoms with E-state index in [-0.39, 0.29) is 18.1 Å². The number of hydrogen-bond donors (Lipinski definition) is 4. The maximum absolute atomic E-state index is 11.3. The number of nitrogens with one attached hydrogen (secondary N) is 3. The first-order chi connectivity index (χ1) is 11.8. The molecule has 0 bridgehead atoms. The largest absolute Gasteiger partial charge is 0.490 e. The van der Waals surface area contributed by atoms with E-state index in [4.69, 9.17) is 4.74 Å². The van der Waals surface area contributed by atoms with Crippen LogP contribution in [-0.4, -0.2) is 48.6 Å². The van der Waals surface area contributed by atoms with E-state index in [1.165, 1.54) is 0 Å². The second-order valence-corrected chi connectivity index (χ2v) is 7.15.